The third-order valence-corrected chi connectivity index (χ3v) is 9.05. The Hall–Kier alpha value is -5.07. The fourth-order valence-electron chi connectivity index (χ4n) is 6.29. The zero-order chi connectivity index (χ0) is 36.3. The molecule has 0 spiro atoms. The highest BCUT2D eigenvalue weighted by molar-refractivity contribution is 6.31. The summed E-state index contributed by atoms with van der Waals surface area (Å²) < 4.78 is 81.8. The Labute approximate surface area is 294 Å². The molecule has 2 aliphatic heterocycles. The number of rotatable bonds is 9. The van der Waals surface area contributed by atoms with E-state index in [1.54, 1.807) is 23.1 Å². The van der Waals surface area contributed by atoms with E-state index in [0.29, 0.717) is 0 Å². The molecular weight excluding hydrogens is 697 g/mol. The summed E-state index contributed by atoms with van der Waals surface area (Å²) in [4.78, 5) is 34.9. The first-order valence-electron chi connectivity index (χ1n) is 16.0. The number of benzene rings is 2. The average Bonchev–Trinajstić information content (AvgIpc) is 3.52. The Balaban J connectivity index is 1.38. The van der Waals surface area contributed by atoms with Gasteiger partial charge < -0.3 is 29.0 Å². The van der Waals surface area contributed by atoms with Gasteiger partial charge in [0.15, 0.2) is 11.6 Å². The van der Waals surface area contributed by atoms with Crippen LogP contribution in [-0.2, 0) is 4.79 Å². The number of nitrogens with zero attached hydrogens (tertiary/aromatic N) is 7. The molecule has 6 rings (SSSR count). The summed E-state index contributed by atoms with van der Waals surface area (Å²) in [7, 11) is 1.96. The van der Waals surface area contributed by atoms with Gasteiger partial charge in [0.1, 0.15) is 29.7 Å². The molecule has 16 heteroatoms. The molecule has 4 aromatic rings. The van der Waals surface area contributed by atoms with E-state index in [1.807, 2.05) is 7.05 Å². The second kappa shape index (κ2) is 15.0. The lowest BCUT2D eigenvalue weighted by Gasteiger charge is -2.39. The van der Waals surface area contributed by atoms with Crippen molar-refractivity contribution < 1.29 is 36.2 Å². The molecule has 4 heterocycles. The van der Waals surface area contributed by atoms with Gasteiger partial charge in [0.05, 0.1) is 5.69 Å². The first-order valence-corrected chi connectivity index (χ1v) is 16.4. The van der Waals surface area contributed by atoms with Crippen LogP contribution in [0.2, 0.25) is 5.02 Å². The number of carbonyl (C=O) groups excluding carboxylic acids is 1. The largest absolute Gasteiger partial charge is 0.573 e. The summed E-state index contributed by atoms with van der Waals surface area (Å²) in [5.41, 5.74) is -0.496. The van der Waals surface area contributed by atoms with Crippen molar-refractivity contribution in [2.75, 3.05) is 51.3 Å². The number of amides is 1. The molecular formula is C35H31ClF5N7O3. The Morgan fingerprint density at radius 1 is 1.10 bits per heavy atom. The lowest BCUT2D eigenvalue weighted by molar-refractivity contribution is -0.274. The summed E-state index contributed by atoms with van der Waals surface area (Å²) in [5.74, 6) is -3.36. The van der Waals surface area contributed by atoms with Crippen molar-refractivity contribution >= 4 is 40.3 Å². The normalized spacial score (nSPS) is 18.6. The van der Waals surface area contributed by atoms with Crippen molar-refractivity contribution in [2.45, 2.75) is 31.3 Å². The van der Waals surface area contributed by atoms with Crippen LogP contribution in [-0.4, -0.2) is 95.5 Å². The van der Waals surface area contributed by atoms with Gasteiger partial charge in [-0.2, -0.15) is 9.97 Å². The maximum absolute atomic E-state index is 16.6. The van der Waals surface area contributed by atoms with Gasteiger partial charge in [-0.1, -0.05) is 23.7 Å². The minimum atomic E-state index is -5.05. The van der Waals surface area contributed by atoms with Gasteiger partial charge in [-0.3, -0.25) is 9.78 Å². The zero-order valence-corrected chi connectivity index (χ0v) is 28.0. The van der Waals surface area contributed by atoms with Crippen LogP contribution in [0.15, 0.2) is 60.6 Å². The topological polar surface area (TPSA) is 88.3 Å². The van der Waals surface area contributed by atoms with Crippen LogP contribution in [0.5, 0.6) is 11.8 Å². The van der Waals surface area contributed by atoms with E-state index in [4.69, 9.17) is 22.9 Å². The molecule has 0 saturated carbocycles. The monoisotopic (exact) mass is 727 g/mol. The highest BCUT2D eigenvalue weighted by Crippen LogP contribution is 2.40. The Kier molecular flexibility index (Phi) is 10.5. The molecule has 0 aliphatic carbocycles. The third kappa shape index (κ3) is 8.13. The van der Waals surface area contributed by atoms with Gasteiger partial charge >= 0.3 is 12.4 Å². The number of hydrogen-bond acceptors (Lipinski definition) is 8. The molecule has 1 amide bonds. The minimum absolute atomic E-state index is 0.00171. The molecule has 10 nitrogen and oxygen atoms in total. The molecule has 0 N–H and O–H groups in total. The van der Waals surface area contributed by atoms with E-state index in [0.717, 1.165) is 37.6 Å². The fraction of sp³-hybridized carbons (Fsp3) is 0.343. The molecule has 266 valence electrons. The number of likely N-dealkylation sites (N-methyl/N-ethyl adjacent to an activating group) is 1. The minimum Gasteiger partial charge on any atom is -0.462 e. The molecule has 2 aliphatic rings. The molecule has 2 atom stereocenters. The molecule has 2 aromatic carbocycles. The van der Waals surface area contributed by atoms with Crippen LogP contribution < -0.4 is 14.4 Å². The highest BCUT2D eigenvalue weighted by Gasteiger charge is 2.36. The molecule has 0 bridgehead atoms. The smallest absolute Gasteiger partial charge is 0.462 e. The lowest BCUT2D eigenvalue weighted by Crippen LogP contribution is -2.56. The van der Waals surface area contributed by atoms with Crippen LogP contribution >= 0.6 is 11.6 Å². The van der Waals surface area contributed by atoms with E-state index >= 15 is 8.78 Å². The standard InChI is InChI=1S/C35H31ClF5N7O3/c1-42-18-24-19-47(14-15-48(24)33(49)28(37)17-22-6-3-4-12-43-22)32-26-10-9-25(27-16-21(36)8-11-29(27)51-35(39,40)41)30(38)31(26)44-34(45-32)50-20-23-7-5-13-46(23)2/h3-4,6,8-12,16-17,23-24H,5,7,13-15,18-20H2,2H3/b28-17-/t23-,24-/m0/s1. The molecule has 0 radical (unpaired) electrons. The van der Waals surface area contributed by atoms with Crippen molar-refractivity contribution in [3.8, 4) is 22.9 Å². The van der Waals surface area contributed by atoms with E-state index < -0.39 is 35.7 Å². The highest BCUT2D eigenvalue weighted by atomic mass is 35.5. The Morgan fingerprint density at radius 3 is 2.63 bits per heavy atom. The van der Waals surface area contributed by atoms with Crippen LogP contribution in [0.25, 0.3) is 33.0 Å². The van der Waals surface area contributed by atoms with E-state index in [-0.39, 0.29) is 83.4 Å². The molecule has 51 heavy (non-hydrogen) atoms. The number of pyridine rings is 1. The van der Waals surface area contributed by atoms with Crippen molar-refractivity contribution in [1.82, 2.24) is 24.8 Å². The van der Waals surface area contributed by atoms with Gasteiger partial charge in [-0.05, 0) is 62.8 Å². The first-order chi connectivity index (χ1) is 24.4. The number of ether oxygens (including phenoxy) is 2. The van der Waals surface area contributed by atoms with E-state index in [1.165, 1.54) is 29.3 Å². The second-order valence-corrected chi connectivity index (χ2v) is 12.6. The predicted octanol–water partition coefficient (Wildman–Crippen LogP) is 6.80. The first kappa shape index (κ1) is 35.7. The maximum Gasteiger partial charge on any atom is 0.573 e. The van der Waals surface area contributed by atoms with Crippen LogP contribution in [0, 0.1) is 12.4 Å². The molecule has 2 aromatic heterocycles. The number of alkyl halides is 3. The van der Waals surface area contributed by atoms with E-state index in [9.17, 15) is 18.0 Å². The number of likely N-dealkylation sites (tertiary alicyclic amines) is 1. The quantitative estimate of drug-likeness (QED) is 0.106. The number of halogens is 6. The second-order valence-electron chi connectivity index (χ2n) is 12.1. The Morgan fingerprint density at radius 2 is 1.92 bits per heavy atom. The summed E-state index contributed by atoms with van der Waals surface area (Å²) in [6, 6.07) is 10.1. The number of aromatic nitrogens is 3. The van der Waals surface area contributed by atoms with E-state index in [2.05, 4.69) is 29.4 Å². The zero-order valence-electron chi connectivity index (χ0n) is 27.2. The van der Waals surface area contributed by atoms with Gasteiger partial charge in [0.2, 0.25) is 6.54 Å². The van der Waals surface area contributed by atoms with Gasteiger partial charge in [-0.25, -0.2) is 15.4 Å². The number of carbonyl (C=O) groups is 1. The van der Waals surface area contributed by atoms with Crippen molar-refractivity contribution in [3.63, 3.8) is 0 Å². The summed E-state index contributed by atoms with van der Waals surface area (Å²) in [5, 5.41) is 0.251. The van der Waals surface area contributed by atoms with Crippen LogP contribution in [0.4, 0.5) is 27.8 Å². The predicted molar refractivity (Wildman–Crippen MR) is 180 cm³/mol. The average molecular weight is 728 g/mol. The Bertz CT molecular complexity index is 1990. The number of anilines is 1. The van der Waals surface area contributed by atoms with Crippen molar-refractivity contribution in [1.29, 1.82) is 0 Å². The number of fused-ring (bicyclic) bond motifs is 1. The van der Waals surface area contributed by atoms with Crippen LogP contribution in [0.1, 0.15) is 18.5 Å². The van der Waals surface area contributed by atoms with Crippen molar-refractivity contribution in [3.05, 3.63) is 88.5 Å². The number of hydrogen-bond donors (Lipinski definition) is 0. The van der Waals surface area contributed by atoms with Gasteiger partial charge in [-0.15, -0.1) is 13.2 Å². The fourth-order valence-corrected chi connectivity index (χ4v) is 6.47. The molecule has 2 saturated heterocycles. The molecule has 2 fully saturated rings. The number of piperazine rings is 1. The summed E-state index contributed by atoms with van der Waals surface area (Å²) in [6.07, 6.45) is -0.722. The van der Waals surface area contributed by atoms with Gasteiger partial charge in [0, 0.05) is 59.5 Å². The third-order valence-electron chi connectivity index (χ3n) is 8.81. The maximum atomic E-state index is 16.6. The summed E-state index contributed by atoms with van der Waals surface area (Å²) in [6.45, 7) is 8.59. The van der Waals surface area contributed by atoms with Crippen molar-refractivity contribution in [2.24, 2.45) is 0 Å². The van der Waals surface area contributed by atoms with Gasteiger partial charge in [0.25, 0.3) is 5.91 Å². The lowest BCUT2D eigenvalue weighted by atomic mass is 10.0. The van der Waals surface area contributed by atoms with Crippen LogP contribution in [0.3, 0.4) is 0 Å². The summed E-state index contributed by atoms with van der Waals surface area (Å²) >= 11 is 6.11. The molecule has 0 unspecified atom stereocenters. The SMILES string of the molecule is [C-]#[N+]C[C@H]1CN(c2nc(OC[C@@H]3CCCN3C)nc3c(F)c(-c4cc(Cl)ccc4OC(F)(F)F)ccc23)CCN1C(=O)/C(F)=C/c1ccccn1.